The minimum Gasteiger partial charge on any atom is -0.465 e. The lowest BCUT2D eigenvalue weighted by Crippen LogP contribution is -2.27. The molecular weight excluding hydrogens is 312 g/mol. The maximum Gasteiger partial charge on any atom is 0.343 e. The van der Waals surface area contributed by atoms with E-state index in [-0.39, 0.29) is 17.8 Å². The molecule has 22 heavy (non-hydrogen) atoms. The topological polar surface area (TPSA) is 91.4 Å². The van der Waals surface area contributed by atoms with Gasteiger partial charge in [0.15, 0.2) is 0 Å². The van der Waals surface area contributed by atoms with Crippen LogP contribution < -0.4 is 5.56 Å². The SMILES string of the molecule is COC(=O)c1cc([N+](=O)[O-])cn(Cc2ccc(Cl)cc2)c1=O. The van der Waals surface area contributed by atoms with E-state index in [2.05, 4.69) is 4.74 Å². The zero-order chi connectivity index (χ0) is 16.3. The first-order chi connectivity index (χ1) is 10.4. The van der Waals surface area contributed by atoms with E-state index in [1.54, 1.807) is 24.3 Å². The molecule has 0 aliphatic carbocycles. The molecule has 0 aliphatic rings. The number of hydrogen-bond donors (Lipinski definition) is 0. The maximum atomic E-state index is 12.2. The quantitative estimate of drug-likeness (QED) is 0.489. The molecule has 0 spiro atoms. The summed E-state index contributed by atoms with van der Waals surface area (Å²) in [5, 5.41) is 11.5. The van der Waals surface area contributed by atoms with Crippen LogP contribution in [0.2, 0.25) is 5.02 Å². The molecule has 0 fully saturated rings. The van der Waals surface area contributed by atoms with Crippen LogP contribution in [-0.2, 0) is 11.3 Å². The number of halogens is 1. The van der Waals surface area contributed by atoms with Crippen molar-refractivity contribution < 1.29 is 14.5 Å². The van der Waals surface area contributed by atoms with Gasteiger partial charge in [0.05, 0.1) is 24.8 Å². The van der Waals surface area contributed by atoms with Gasteiger partial charge < -0.3 is 9.30 Å². The largest absolute Gasteiger partial charge is 0.465 e. The van der Waals surface area contributed by atoms with Gasteiger partial charge in [-0.25, -0.2) is 4.79 Å². The van der Waals surface area contributed by atoms with Crippen molar-refractivity contribution in [3.05, 3.63) is 73.1 Å². The van der Waals surface area contributed by atoms with Crippen LogP contribution in [0.5, 0.6) is 0 Å². The fourth-order valence-corrected chi connectivity index (χ4v) is 2.01. The molecular formula is C14H11ClN2O5. The summed E-state index contributed by atoms with van der Waals surface area (Å²) in [6.45, 7) is 0.0711. The highest BCUT2D eigenvalue weighted by Gasteiger charge is 2.19. The molecule has 8 heteroatoms. The van der Waals surface area contributed by atoms with E-state index >= 15 is 0 Å². The Balaban J connectivity index is 2.51. The minimum absolute atomic E-state index is 0.0711. The number of pyridine rings is 1. The third kappa shape index (κ3) is 3.32. The molecule has 0 bridgehead atoms. The molecule has 0 radical (unpaired) electrons. The lowest BCUT2D eigenvalue weighted by atomic mass is 10.2. The van der Waals surface area contributed by atoms with Crippen LogP contribution >= 0.6 is 11.6 Å². The number of methoxy groups -OCH3 is 1. The molecule has 2 aromatic rings. The molecule has 2 rings (SSSR count). The average Bonchev–Trinajstić information content (AvgIpc) is 2.50. The molecule has 1 aromatic carbocycles. The normalized spacial score (nSPS) is 10.3. The molecule has 0 saturated heterocycles. The van der Waals surface area contributed by atoms with E-state index in [1.165, 1.54) is 0 Å². The standard InChI is InChI=1S/C14H11ClN2O5/c1-22-14(19)12-6-11(17(20)21)8-16(13(12)18)7-9-2-4-10(15)5-3-9/h2-6,8H,7H2,1H3. The predicted octanol–water partition coefficient (Wildman–Crippen LogP) is 2.24. The maximum absolute atomic E-state index is 12.2. The Morgan fingerprint density at radius 3 is 2.55 bits per heavy atom. The molecule has 0 N–H and O–H groups in total. The van der Waals surface area contributed by atoms with Crippen molar-refractivity contribution in [1.82, 2.24) is 4.57 Å². The summed E-state index contributed by atoms with van der Waals surface area (Å²) in [6, 6.07) is 7.56. The molecule has 0 saturated carbocycles. The zero-order valence-corrected chi connectivity index (χ0v) is 12.2. The van der Waals surface area contributed by atoms with Crippen LogP contribution in [-0.4, -0.2) is 22.6 Å². The third-order valence-corrected chi connectivity index (χ3v) is 3.21. The predicted molar refractivity (Wildman–Crippen MR) is 79.2 cm³/mol. The van der Waals surface area contributed by atoms with Gasteiger partial charge in [0.1, 0.15) is 5.56 Å². The van der Waals surface area contributed by atoms with Gasteiger partial charge in [0.25, 0.3) is 11.2 Å². The van der Waals surface area contributed by atoms with Crippen molar-refractivity contribution in [3.8, 4) is 0 Å². The van der Waals surface area contributed by atoms with E-state index in [0.29, 0.717) is 10.6 Å². The molecule has 1 aromatic heterocycles. The highest BCUT2D eigenvalue weighted by Crippen LogP contribution is 2.14. The second kappa shape index (κ2) is 6.40. The van der Waals surface area contributed by atoms with Gasteiger partial charge in [0, 0.05) is 11.1 Å². The number of nitro groups is 1. The van der Waals surface area contributed by atoms with Gasteiger partial charge in [-0.05, 0) is 17.7 Å². The second-order valence-electron chi connectivity index (χ2n) is 4.42. The molecule has 0 unspecified atom stereocenters. The van der Waals surface area contributed by atoms with E-state index < -0.39 is 16.5 Å². The van der Waals surface area contributed by atoms with Gasteiger partial charge in [0.2, 0.25) is 0 Å². The van der Waals surface area contributed by atoms with Crippen LogP contribution in [0.1, 0.15) is 15.9 Å². The van der Waals surface area contributed by atoms with E-state index in [4.69, 9.17) is 11.6 Å². The fourth-order valence-electron chi connectivity index (χ4n) is 1.88. The van der Waals surface area contributed by atoms with Crippen molar-refractivity contribution >= 4 is 23.3 Å². The Bertz CT molecular complexity index is 783. The summed E-state index contributed by atoms with van der Waals surface area (Å²) in [6.07, 6.45) is 1.09. The van der Waals surface area contributed by atoms with Crippen molar-refractivity contribution in [2.24, 2.45) is 0 Å². The lowest BCUT2D eigenvalue weighted by molar-refractivity contribution is -0.385. The van der Waals surface area contributed by atoms with E-state index in [0.717, 1.165) is 23.9 Å². The molecule has 0 atom stereocenters. The molecule has 0 amide bonds. The number of carbonyl (C=O) groups is 1. The lowest BCUT2D eigenvalue weighted by Gasteiger charge is -2.08. The zero-order valence-electron chi connectivity index (χ0n) is 11.5. The molecule has 7 nitrogen and oxygen atoms in total. The third-order valence-electron chi connectivity index (χ3n) is 2.95. The second-order valence-corrected chi connectivity index (χ2v) is 4.86. The smallest absolute Gasteiger partial charge is 0.343 e. The Hall–Kier alpha value is -2.67. The van der Waals surface area contributed by atoms with Gasteiger partial charge in [-0.1, -0.05) is 23.7 Å². The highest BCUT2D eigenvalue weighted by atomic mass is 35.5. The number of benzene rings is 1. The van der Waals surface area contributed by atoms with Crippen LogP contribution in [0.15, 0.2) is 41.3 Å². The molecule has 0 aliphatic heterocycles. The minimum atomic E-state index is -0.918. The number of hydrogen-bond acceptors (Lipinski definition) is 5. The summed E-state index contributed by atoms with van der Waals surface area (Å²) < 4.78 is 5.57. The first-order valence-corrected chi connectivity index (χ1v) is 6.52. The van der Waals surface area contributed by atoms with Crippen molar-refractivity contribution in [3.63, 3.8) is 0 Å². The molecule has 1 heterocycles. The van der Waals surface area contributed by atoms with Crippen LogP contribution in [0.4, 0.5) is 5.69 Å². The van der Waals surface area contributed by atoms with Crippen LogP contribution in [0, 0.1) is 10.1 Å². The monoisotopic (exact) mass is 322 g/mol. The van der Waals surface area contributed by atoms with Gasteiger partial charge in [-0.15, -0.1) is 0 Å². The van der Waals surface area contributed by atoms with Gasteiger partial charge in [-0.3, -0.25) is 14.9 Å². The fraction of sp³-hybridized carbons (Fsp3) is 0.143. The summed E-state index contributed by atoms with van der Waals surface area (Å²) >= 11 is 5.78. The van der Waals surface area contributed by atoms with Crippen molar-refractivity contribution in [2.45, 2.75) is 6.54 Å². The molecule has 114 valence electrons. The highest BCUT2D eigenvalue weighted by molar-refractivity contribution is 6.30. The number of esters is 1. The number of nitrogens with zero attached hydrogens (tertiary/aromatic N) is 2. The van der Waals surface area contributed by atoms with Gasteiger partial charge in [-0.2, -0.15) is 0 Å². The number of rotatable bonds is 4. The van der Waals surface area contributed by atoms with E-state index in [9.17, 15) is 19.7 Å². The number of aromatic nitrogens is 1. The summed E-state index contributed by atoms with van der Waals surface area (Å²) in [5.74, 6) is -0.918. The van der Waals surface area contributed by atoms with Crippen LogP contribution in [0.3, 0.4) is 0 Å². The average molecular weight is 323 g/mol. The van der Waals surface area contributed by atoms with Crippen LogP contribution in [0.25, 0.3) is 0 Å². The summed E-state index contributed by atoms with van der Waals surface area (Å²) in [4.78, 5) is 34.1. The number of ether oxygens (including phenoxy) is 1. The Morgan fingerprint density at radius 1 is 1.36 bits per heavy atom. The van der Waals surface area contributed by atoms with Crippen molar-refractivity contribution in [1.29, 1.82) is 0 Å². The summed E-state index contributed by atoms with van der Waals surface area (Å²) in [7, 11) is 1.10. The first-order valence-electron chi connectivity index (χ1n) is 6.14. The number of carbonyl (C=O) groups excluding carboxylic acids is 1. The Morgan fingerprint density at radius 2 is 2.00 bits per heavy atom. The Kier molecular flexibility index (Phi) is 4.57. The van der Waals surface area contributed by atoms with Crippen molar-refractivity contribution in [2.75, 3.05) is 7.11 Å². The van der Waals surface area contributed by atoms with E-state index in [1.807, 2.05) is 0 Å². The van der Waals surface area contributed by atoms with Gasteiger partial charge >= 0.3 is 5.97 Å². The summed E-state index contributed by atoms with van der Waals surface area (Å²) in [5.41, 5.74) is -0.699. The first kappa shape index (κ1) is 15.7. The Labute approximate surface area is 129 Å².